The molecule has 1 atom stereocenters. The fourth-order valence-electron chi connectivity index (χ4n) is 2.97. The van der Waals surface area contributed by atoms with E-state index in [9.17, 15) is 5.11 Å². The van der Waals surface area contributed by atoms with Crippen molar-refractivity contribution >= 4 is 0 Å². The van der Waals surface area contributed by atoms with E-state index in [1.807, 2.05) is 24.3 Å². The second kappa shape index (κ2) is 8.51. The van der Waals surface area contributed by atoms with Crippen LogP contribution in [0.15, 0.2) is 24.3 Å². The average Bonchev–Trinajstić information content (AvgIpc) is 2.54. The Hall–Kier alpha value is -1.10. The number of piperidine rings is 1. The first-order valence-corrected chi connectivity index (χ1v) is 8.39. The van der Waals surface area contributed by atoms with Gasteiger partial charge >= 0.3 is 0 Å². The molecular formula is C18H30N2O2. The van der Waals surface area contributed by atoms with Gasteiger partial charge in [0.15, 0.2) is 0 Å². The van der Waals surface area contributed by atoms with Crippen LogP contribution in [0.25, 0.3) is 0 Å². The second-order valence-corrected chi connectivity index (χ2v) is 6.41. The standard InChI is InChI=1S/C18H30N2O2/c1-4-13-22-17-7-5-15(6-8-17)18(21)14-20(3)16-9-11-19(2)12-10-16/h5-8,16,18,21H,4,9-14H2,1-3H3. The number of likely N-dealkylation sites (N-methyl/N-ethyl adjacent to an activating group) is 1. The number of likely N-dealkylation sites (tertiary alicyclic amines) is 1. The smallest absolute Gasteiger partial charge is 0.119 e. The summed E-state index contributed by atoms with van der Waals surface area (Å²) < 4.78 is 5.58. The average molecular weight is 306 g/mol. The number of rotatable bonds is 7. The van der Waals surface area contributed by atoms with Crippen molar-refractivity contribution in [2.45, 2.75) is 38.3 Å². The lowest BCUT2D eigenvalue weighted by Gasteiger charge is -2.36. The van der Waals surface area contributed by atoms with Gasteiger partial charge in [-0.1, -0.05) is 19.1 Å². The molecule has 1 N–H and O–H groups in total. The van der Waals surface area contributed by atoms with Crippen LogP contribution in [0, 0.1) is 0 Å². The molecule has 1 fully saturated rings. The van der Waals surface area contributed by atoms with Gasteiger partial charge in [0.2, 0.25) is 0 Å². The normalized spacial score (nSPS) is 18.6. The van der Waals surface area contributed by atoms with Crippen molar-refractivity contribution in [3.05, 3.63) is 29.8 Å². The van der Waals surface area contributed by atoms with Gasteiger partial charge < -0.3 is 19.6 Å². The highest BCUT2D eigenvalue weighted by molar-refractivity contribution is 5.28. The lowest BCUT2D eigenvalue weighted by molar-refractivity contribution is 0.0788. The molecule has 1 aromatic rings. The minimum Gasteiger partial charge on any atom is -0.494 e. The van der Waals surface area contributed by atoms with E-state index in [-0.39, 0.29) is 0 Å². The Morgan fingerprint density at radius 2 is 1.91 bits per heavy atom. The zero-order chi connectivity index (χ0) is 15.9. The molecular weight excluding hydrogens is 276 g/mol. The number of benzene rings is 1. The molecule has 22 heavy (non-hydrogen) atoms. The first-order chi connectivity index (χ1) is 10.6. The monoisotopic (exact) mass is 306 g/mol. The predicted molar refractivity (Wildman–Crippen MR) is 90.3 cm³/mol. The first kappa shape index (κ1) is 17.3. The Balaban J connectivity index is 1.84. The molecule has 2 rings (SSSR count). The van der Waals surface area contributed by atoms with E-state index in [2.05, 4.69) is 30.8 Å². The van der Waals surface area contributed by atoms with Crippen molar-refractivity contribution in [3.63, 3.8) is 0 Å². The van der Waals surface area contributed by atoms with Crippen LogP contribution in [0.2, 0.25) is 0 Å². The van der Waals surface area contributed by atoms with Crippen molar-refractivity contribution in [1.82, 2.24) is 9.80 Å². The van der Waals surface area contributed by atoms with Crippen molar-refractivity contribution < 1.29 is 9.84 Å². The molecule has 0 aromatic heterocycles. The zero-order valence-electron chi connectivity index (χ0n) is 14.2. The third kappa shape index (κ3) is 4.97. The van der Waals surface area contributed by atoms with E-state index >= 15 is 0 Å². The highest BCUT2D eigenvalue weighted by Crippen LogP contribution is 2.21. The second-order valence-electron chi connectivity index (χ2n) is 6.41. The summed E-state index contributed by atoms with van der Waals surface area (Å²) in [5.74, 6) is 0.876. The van der Waals surface area contributed by atoms with Crippen molar-refractivity contribution in [2.24, 2.45) is 0 Å². The molecule has 0 saturated carbocycles. The van der Waals surface area contributed by atoms with E-state index in [1.165, 1.54) is 12.8 Å². The maximum absolute atomic E-state index is 10.4. The van der Waals surface area contributed by atoms with Crippen LogP contribution in [0.5, 0.6) is 5.75 Å². The summed E-state index contributed by atoms with van der Waals surface area (Å²) in [6.07, 6.45) is 2.93. The summed E-state index contributed by atoms with van der Waals surface area (Å²) in [5.41, 5.74) is 0.962. The zero-order valence-corrected chi connectivity index (χ0v) is 14.2. The number of ether oxygens (including phenoxy) is 1. The molecule has 0 amide bonds. The van der Waals surface area contributed by atoms with Crippen LogP contribution < -0.4 is 4.74 Å². The number of nitrogens with zero attached hydrogens (tertiary/aromatic N) is 2. The maximum Gasteiger partial charge on any atom is 0.119 e. The summed E-state index contributed by atoms with van der Waals surface area (Å²) >= 11 is 0. The summed E-state index contributed by atoms with van der Waals surface area (Å²) in [7, 11) is 4.30. The van der Waals surface area contributed by atoms with Crippen molar-refractivity contribution in [2.75, 3.05) is 40.3 Å². The van der Waals surface area contributed by atoms with E-state index in [0.717, 1.165) is 37.4 Å². The molecule has 1 aliphatic rings. The largest absolute Gasteiger partial charge is 0.494 e. The van der Waals surface area contributed by atoms with E-state index in [4.69, 9.17) is 4.74 Å². The summed E-state index contributed by atoms with van der Waals surface area (Å²) in [6, 6.07) is 8.42. The highest BCUT2D eigenvalue weighted by Gasteiger charge is 2.22. The van der Waals surface area contributed by atoms with Crippen molar-refractivity contribution in [1.29, 1.82) is 0 Å². The minimum absolute atomic E-state index is 0.440. The molecule has 1 aliphatic heterocycles. The lowest BCUT2D eigenvalue weighted by atomic mass is 10.0. The third-order valence-electron chi connectivity index (χ3n) is 4.51. The molecule has 4 heteroatoms. The van der Waals surface area contributed by atoms with Crippen LogP contribution in [0.1, 0.15) is 37.9 Å². The number of hydrogen-bond donors (Lipinski definition) is 1. The van der Waals surface area contributed by atoms with Gasteiger partial charge in [0.25, 0.3) is 0 Å². The molecule has 4 nitrogen and oxygen atoms in total. The van der Waals surface area contributed by atoms with Crippen LogP contribution in [0.3, 0.4) is 0 Å². The summed E-state index contributed by atoms with van der Waals surface area (Å²) in [6.45, 7) is 5.81. The first-order valence-electron chi connectivity index (χ1n) is 8.39. The Morgan fingerprint density at radius 1 is 1.27 bits per heavy atom. The topological polar surface area (TPSA) is 35.9 Å². The Kier molecular flexibility index (Phi) is 6.68. The SMILES string of the molecule is CCCOc1ccc(C(O)CN(C)C2CCN(C)CC2)cc1. The molecule has 0 spiro atoms. The van der Waals surface area contributed by atoms with Crippen LogP contribution >= 0.6 is 0 Å². The molecule has 1 heterocycles. The van der Waals surface area contributed by atoms with Gasteiger partial charge in [-0.25, -0.2) is 0 Å². The summed E-state index contributed by atoms with van der Waals surface area (Å²) in [5, 5.41) is 10.4. The lowest BCUT2D eigenvalue weighted by Crippen LogP contribution is -2.43. The van der Waals surface area contributed by atoms with Gasteiger partial charge in [-0.3, -0.25) is 0 Å². The van der Waals surface area contributed by atoms with E-state index < -0.39 is 6.10 Å². The molecule has 1 aromatic carbocycles. The number of aliphatic hydroxyl groups excluding tert-OH is 1. The van der Waals surface area contributed by atoms with Crippen LogP contribution in [-0.4, -0.2) is 61.3 Å². The molecule has 1 unspecified atom stereocenters. The van der Waals surface area contributed by atoms with E-state index in [0.29, 0.717) is 12.6 Å². The van der Waals surface area contributed by atoms with Gasteiger partial charge in [-0.2, -0.15) is 0 Å². The maximum atomic E-state index is 10.4. The van der Waals surface area contributed by atoms with Gasteiger partial charge in [0.05, 0.1) is 12.7 Å². The fourth-order valence-corrected chi connectivity index (χ4v) is 2.97. The van der Waals surface area contributed by atoms with Crippen molar-refractivity contribution in [3.8, 4) is 5.75 Å². The fraction of sp³-hybridized carbons (Fsp3) is 0.667. The summed E-state index contributed by atoms with van der Waals surface area (Å²) in [4.78, 5) is 4.68. The Morgan fingerprint density at radius 3 is 2.50 bits per heavy atom. The predicted octanol–water partition coefficient (Wildman–Crippen LogP) is 2.53. The number of aliphatic hydroxyl groups is 1. The molecule has 0 radical (unpaired) electrons. The van der Waals surface area contributed by atoms with Gasteiger partial charge in [0.1, 0.15) is 5.75 Å². The van der Waals surface area contributed by atoms with E-state index in [1.54, 1.807) is 0 Å². The van der Waals surface area contributed by atoms with Crippen LogP contribution in [-0.2, 0) is 0 Å². The van der Waals surface area contributed by atoms with Gasteiger partial charge in [-0.05, 0) is 64.1 Å². The third-order valence-corrected chi connectivity index (χ3v) is 4.51. The van der Waals surface area contributed by atoms with Gasteiger partial charge in [0, 0.05) is 12.6 Å². The Bertz CT molecular complexity index is 427. The molecule has 0 bridgehead atoms. The molecule has 0 aliphatic carbocycles. The minimum atomic E-state index is -0.440. The number of hydrogen-bond acceptors (Lipinski definition) is 4. The molecule has 1 saturated heterocycles. The Labute approximate surface area is 134 Å². The molecule has 124 valence electrons. The van der Waals surface area contributed by atoms with Crippen LogP contribution in [0.4, 0.5) is 0 Å². The highest BCUT2D eigenvalue weighted by atomic mass is 16.5. The quantitative estimate of drug-likeness (QED) is 0.840. The van der Waals surface area contributed by atoms with Gasteiger partial charge in [-0.15, -0.1) is 0 Å².